The smallest absolute Gasteiger partial charge is 0.350 e. The van der Waals surface area contributed by atoms with Crippen molar-refractivity contribution in [3.63, 3.8) is 0 Å². The number of carboxylic acid groups (broad SMARTS) is 1. The van der Waals surface area contributed by atoms with Crippen molar-refractivity contribution in [2.45, 2.75) is 31.1 Å². The highest BCUT2D eigenvalue weighted by atomic mass is 32.2. The maximum absolute atomic E-state index is 12.0. The molecule has 0 aromatic carbocycles. The lowest BCUT2D eigenvalue weighted by Crippen LogP contribution is -2.40. The highest BCUT2D eigenvalue weighted by molar-refractivity contribution is 7.89. The molecular formula is C7H11F2NO4S. The van der Waals surface area contributed by atoms with Gasteiger partial charge < -0.3 is 5.11 Å². The first-order valence-corrected chi connectivity index (χ1v) is 5.88. The fourth-order valence-electron chi connectivity index (χ4n) is 1.25. The molecule has 15 heavy (non-hydrogen) atoms. The maximum Gasteiger partial charge on any atom is 0.350 e. The van der Waals surface area contributed by atoms with E-state index in [1.807, 2.05) is 0 Å². The second-order valence-corrected chi connectivity index (χ2v) is 5.15. The summed E-state index contributed by atoms with van der Waals surface area (Å²) >= 11 is 0. The van der Waals surface area contributed by atoms with Crippen molar-refractivity contribution < 1.29 is 27.1 Å². The number of halogens is 2. The molecule has 2 N–H and O–H groups in total. The summed E-state index contributed by atoms with van der Waals surface area (Å²) in [7, 11) is -4.69. The van der Waals surface area contributed by atoms with Gasteiger partial charge in [-0.25, -0.2) is 13.1 Å². The summed E-state index contributed by atoms with van der Waals surface area (Å²) in [4.78, 5) is 10.4. The van der Waals surface area contributed by atoms with Crippen LogP contribution < -0.4 is 4.72 Å². The lowest BCUT2D eigenvalue weighted by atomic mass is 10.1. The maximum atomic E-state index is 12.0. The summed E-state index contributed by atoms with van der Waals surface area (Å²) < 4.78 is 47.3. The van der Waals surface area contributed by atoms with Crippen LogP contribution in [-0.2, 0) is 14.8 Å². The van der Waals surface area contributed by atoms with Gasteiger partial charge in [-0.15, -0.1) is 0 Å². The van der Waals surface area contributed by atoms with Crippen molar-refractivity contribution in [1.82, 2.24) is 4.72 Å². The number of sulfonamides is 1. The Morgan fingerprint density at radius 1 is 1.47 bits per heavy atom. The number of rotatable bonds is 6. The van der Waals surface area contributed by atoms with Crippen molar-refractivity contribution in [3.05, 3.63) is 0 Å². The van der Waals surface area contributed by atoms with Gasteiger partial charge in [-0.05, 0) is 18.8 Å². The van der Waals surface area contributed by atoms with Crippen LogP contribution in [0.2, 0.25) is 0 Å². The molecule has 0 amide bonds. The van der Waals surface area contributed by atoms with Crippen LogP contribution in [0.1, 0.15) is 19.3 Å². The molecule has 1 rings (SSSR count). The van der Waals surface area contributed by atoms with E-state index >= 15 is 0 Å². The van der Waals surface area contributed by atoms with Gasteiger partial charge in [-0.1, -0.05) is 0 Å². The largest absolute Gasteiger partial charge is 0.481 e. The molecule has 0 aromatic rings. The topological polar surface area (TPSA) is 83.5 Å². The molecule has 1 fully saturated rings. The zero-order valence-corrected chi connectivity index (χ0v) is 8.51. The van der Waals surface area contributed by atoms with Crippen LogP contribution in [0.25, 0.3) is 0 Å². The van der Waals surface area contributed by atoms with E-state index < -0.39 is 34.2 Å². The van der Waals surface area contributed by atoms with E-state index in [0.717, 1.165) is 0 Å². The first-order valence-electron chi connectivity index (χ1n) is 4.34. The van der Waals surface area contributed by atoms with Crippen LogP contribution in [0.3, 0.4) is 0 Å². The average Bonchev–Trinajstić information content (AvgIpc) is 2.82. The molecule has 0 radical (unpaired) electrons. The number of aliphatic carboxylic acids is 1. The van der Waals surface area contributed by atoms with Gasteiger partial charge in [0.1, 0.15) is 0 Å². The summed E-state index contributed by atoms with van der Waals surface area (Å²) in [5.41, 5.74) is 0. The van der Waals surface area contributed by atoms with Crippen molar-refractivity contribution in [2.75, 3.05) is 0 Å². The Labute approximate surface area is 85.5 Å². The van der Waals surface area contributed by atoms with Gasteiger partial charge in [0, 0.05) is 6.04 Å². The third-order valence-corrected chi connectivity index (χ3v) is 3.24. The Hall–Kier alpha value is -0.760. The standard InChI is InChI=1S/C7H11F2NO4S/c8-7(9)15(13,14)10-5(3-6(11)12)4-1-2-4/h4-5,7,10H,1-3H2,(H,11,12). The minimum atomic E-state index is -4.69. The Morgan fingerprint density at radius 2 is 2.00 bits per heavy atom. The summed E-state index contributed by atoms with van der Waals surface area (Å²) in [6.45, 7) is 0. The van der Waals surface area contributed by atoms with Gasteiger partial charge in [0.05, 0.1) is 6.42 Å². The fraction of sp³-hybridized carbons (Fsp3) is 0.857. The molecule has 1 unspecified atom stereocenters. The van der Waals surface area contributed by atoms with Crippen LogP contribution in [0.4, 0.5) is 8.78 Å². The van der Waals surface area contributed by atoms with Crippen LogP contribution in [0, 0.1) is 5.92 Å². The molecule has 1 aliphatic carbocycles. The summed E-state index contributed by atoms with van der Waals surface area (Å²) in [5.74, 6) is -4.86. The van der Waals surface area contributed by atoms with Gasteiger partial charge in [-0.3, -0.25) is 4.79 Å². The van der Waals surface area contributed by atoms with Crippen LogP contribution in [-0.4, -0.2) is 31.3 Å². The molecule has 0 bridgehead atoms. The molecule has 1 aliphatic rings. The molecule has 1 saturated carbocycles. The van der Waals surface area contributed by atoms with E-state index in [1.54, 1.807) is 4.72 Å². The van der Waals surface area contributed by atoms with E-state index in [4.69, 9.17) is 5.11 Å². The van der Waals surface area contributed by atoms with E-state index in [-0.39, 0.29) is 5.92 Å². The SMILES string of the molecule is O=C(O)CC(NS(=O)(=O)C(F)F)C1CC1. The Kier molecular flexibility index (Phi) is 3.61. The molecule has 0 aromatic heterocycles. The number of carbonyl (C=O) groups is 1. The molecule has 0 spiro atoms. The summed E-state index contributed by atoms with van der Waals surface area (Å²) in [6, 6.07) is -0.915. The van der Waals surface area contributed by atoms with Crippen molar-refractivity contribution >= 4 is 16.0 Å². The number of hydrogen-bond acceptors (Lipinski definition) is 3. The number of alkyl halides is 2. The molecule has 88 valence electrons. The number of carboxylic acids is 1. The molecule has 0 saturated heterocycles. The minimum absolute atomic E-state index is 0.130. The highest BCUT2D eigenvalue weighted by Gasteiger charge is 2.37. The molecule has 8 heteroatoms. The molecule has 5 nitrogen and oxygen atoms in total. The van der Waals surface area contributed by atoms with Crippen LogP contribution in [0.5, 0.6) is 0 Å². The van der Waals surface area contributed by atoms with Crippen LogP contribution in [0.15, 0.2) is 0 Å². The fourth-order valence-corrected chi connectivity index (χ4v) is 2.05. The number of nitrogens with one attached hydrogen (secondary N) is 1. The predicted octanol–water partition coefficient (Wildman–Crippen LogP) is 0.382. The third kappa shape index (κ3) is 3.71. The van der Waals surface area contributed by atoms with E-state index in [9.17, 15) is 22.0 Å². The molecular weight excluding hydrogens is 232 g/mol. The third-order valence-electron chi connectivity index (χ3n) is 2.14. The Morgan fingerprint density at radius 3 is 2.33 bits per heavy atom. The molecule has 1 atom stereocenters. The first kappa shape index (κ1) is 12.3. The lowest BCUT2D eigenvalue weighted by Gasteiger charge is -2.15. The lowest BCUT2D eigenvalue weighted by molar-refractivity contribution is -0.137. The van der Waals surface area contributed by atoms with Crippen molar-refractivity contribution in [2.24, 2.45) is 5.92 Å². The Bertz CT molecular complexity index is 339. The zero-order valence-electron chi connectivity index (χ0n) is 7.69. The quantitative estimate of drug-likeness (QED) is 0.706. The minimum Gasteiger partial charge on any atom is -0.481 e. The van der Waals surface area contributed by atoms with Crippen LogP contribution >= 0.6 is 0 Å². The highest BCUT2D eigenvalue weighted by Crippen LogP contribution is 2.34. The van der Waals surface area contributed by atoms with Gasteiger partial charge in [0.25, 0.3) is 10.0 Å². The van der Waals surface area contributed by atoms with E-state index in [1.165, 1.54) is 0 Å². The monoisotopic (exact) mass is 243 g/mol. The van der Waals surface area contributed by atoms with Gasteiger partial charge in [0.15, 0.2) is 0 Å². The predicted molar refractivity (Wildman–Crippen MR) is 46.8 cm³/mol. The van der Waals surface area contributed by atoms with E-state index in [2.05, 4.69) is 0 Å². The van der Waals surface area contributed by atoms with Crippen molar-refractivity contribution in [1.29, 1.82) is 0 Å². The second kappa shape index (κ2) is 4.40. The Balaban J connectivity index is 2.62. The molecule has 0 aliphatic heterocycles. The number of hydrogen-bond donors (Lipinski definition) is 2. The normalized spacial score (nSPS) is 19.1. The van der Waals surface area contributed by atoms with Gasteiger partial charge >= 0.3 is 11.7 Å². The zero-order chi connectivity index (χ0) is 11.6. The second-order valence-electron chi connectivity index (χ2n) is 3.47. The van der Waals surface area contributed by atoms with Crippen molar-refractivity contribution in [3.8, 4) is 0 Å². The molecule has 0 heterocycles. The van der Waals surface area contributed by atoms with Gasteiger partial charge in [-0.2, -0.15) is 8.78 Å². The first-order chi connectivity index (χ1) is 6.83. The van der Waals surface area contributed by atoms with Gasteiger partial charge in [0.2, 0.25) is 0 Å². The summed E-state index contributed by atoms with van der Waals surface area (Å²) in [6.07, 6.45) is 0.879. The summed E-state index contributed by atoms with van der Waals surface area (Å²) in [5, 5.41) is 8.47. The average molecular weight is 243 g/mol. The van der Waals surface area contributed by atoms with E-state index in [0.29, 0.717) is 12.8 Å².